The number of benzene rings is 2. The van der Waals surface area contributed by atoms with Crippen molar-refractivity contribution in [3.63, 3.8) is 0 Å². The lowest BCUT2D eigenvalue weighted by Gasteiger charge is -2.16. The maximum Gasteiger partial charge on any atom is 0.227 e. The minimum Gasteiger partial charge on any atom is -0.356 e. The van der Waals surface area contributed by atoms with Gasteiger partial charge >= 0.3 is 0 Å². The third-order valence-electron chi connectivity index (χ3n) is 4.64. The number of hydrogen-bond donors (Lipinski definition) is 1. The Hall–Kier alpha value is -3.15. The van der Waals surface area contributed by atoms with Gasteiger partial charge in [0.05, 0.1) is 6.42 Å². The number of fused-ring (bicyclic) bond motifs is 1. The molecule has 1 saturated heterocycles. The van der Waals surface area contributed by atoms with E-state index in [1.54, 1.807) is 4.90 Å². The van der Waals surface area contributed by atoms with Crippen LogP contribution in [0, 0.1) is 5.92 Å². The number of amides is 2. The topological polar surface area (TPSA) is 75.4 Å². The molecule has 0 bridgehead atoms. The summed E-state index contributed by atoms with van der Waals surface area (Å²) < 4.78 is 5.22. The summed E-state index contributed by atoms with van der Waals surface area (Å²) in [6.07, 6.45) is 0.613. The summed E-state index contributed by atoms with van der Waals surface area (Å²) in [4.78, 5) is 26.3. The van der Waals surface area contributed by atoms with Crippen molar-refractivity contribution in [1.82, 2.24) is 10.5 Å². The van der Waals surface area contributed by atoms with Gasteiger partial charge in [0.1, 0.15) is 5.69 Å². The lowest BCUT2D eigenvalue weighted by molar-refractivity contribution is -0.121. The first-order chi connectivity index (χ1) is 12.7. The van der Waals surface area contributed by atoms with Crippen LogP contribution in [0.4, 0.5) is 5.69 Å². The lowest BCUT2D eigenvalue weighted by atomic mass is 10.1. The largest absolute Gasteiger partial charge is 0.356 e. The van der Waals surface area contributed by atoms with Crippen LogP contribution >= 0.6 is 0 Å². The molecular formula is C20H19N3O3. The van der Waals surface area contributed by atoms with Gasteiger partial charge < -0.3 is 14.7 Å². The van der Waals surface area contributed by atoms with Gasteiger partial charge in [0.2, 0.25) is 11.8 Å². The molecule has 26 heavy (non-hydrogen) atoms. The maximum atomic E-state index is 12.3. The molecule has 0 radical (unpaired) electrons. The van der Waals surface area contributed by atoms with Gasteiger partial charge in [-0.25, -0.2) is 0 Å². The van der Waals surface area contributed by atoms with Gasteiger partial charge in [0, 0.05) is 36.5 Å². The van der Waals surface area contributed by atoms with Gasteiger partial charge in [-0.2, -0.15) is 0 Å². The van der Waals surface area contributed by atoms with Crippen molar-refractivity contribution in [3.8, 4) is 0 Å². The van der Waals surface area contributed by atoms with E-state index in [0.29, 0.717) is 30.8 Å². The predicted molar refractivity (Wildman–Crippen MR) is 97.6 cm³/mol. The van der Waals surface area contributed by atoms with Crippen LogP contribution in [0.15, 0.2) is 59.1 Å². The zero-order chi connectivity index (χ0) is 17.9. The van der Waals surface area contributed by atoms with Gasteiger partial charge in [0.25, 0.3) is 0 Å². The first-order valence-electron chi connectivity index (χ1n) is 8.66. The summed E-state index contributed by atoms with van der Waals surface area (Å²) in [6.45, 7) is 1.10. The summed E-state index contributed by atoms with van der Waals surface area (Å²) >= 11 is 0. The molecule has 3 aromatic rings. The summed E-state index contributed by atoms with van der Waals surface area (Å²) in [5, 5.41) is 7.76. The Labute approximate surface area is 150 Å². The molecule has 0 aliphatic carbocycles. The summed E-state index contributed by atoms with van der Waals surface area (Å²) in [5.74, 6) is 0.0910. The van der Waals surface area contributed by atoms with Gasteiger partial charge in [-0.3, -0.25) is 9.59 Å². The molecule has 2 amide bonds. The Balaban J connectivity index is 1.33. The molecule has 6 nitrogen and oxygen atoms in total. The second kappa shape index (κ2) is 7.00. The Morgan fingerprint density at radius 3 is 2.77 bits per heavy atom. The van der Waals surface area contributed by atoms with Crippen LogP contribution in [0.3, 0.4) is 0 Å². The molecule has 1 N–H and O–H groups in total. The highest BCUT2D eigenvalue weighted by Crippen LogP contribution is 2.24. The molecule has 2 aromatic carbocycles. The van der Waals surface area contributed by atoms with E-state index >= 15 is 0 Å². The van der Waals surface area contributed by atoms with Crippen molar-refractivity contribution in [2.45, 2.75) is 12.8 Å². The van der Waals surface area contributed by atoms with E-state index in [0.717, 1.165) is 11.1 Å². The van der Waals surface area contributed by atoms with E-state index in [1.807, 2.05) is 54.6 Å². The van der Waals surface area contributed by atoms with Crippen LogP contribution in [0.5, 0.6) is 0 Å². The van der Waals surface area contributed by atoms with Crippen molar-refractivity contribution in [2.24, 2.45) is 5.92 Å². The van der Waals surface area contributed by atoms with Crippen LogP contribution < -0.4 is 10.2 Å². The number of rotatable bonds is 5. The number of anilines is 1. The molecule has 0 spiro atoms. The van der Waals surface area contributed by atoms with Gasteiger partial charge in [-0.05, 0) is 24.3 Å². The summed E-state index contributed by atoms with van der Waals surface area (Å²) in [6, 6.07) is 17.1. The minimum atomic E-state index is -0.116. The molecule has 1 aliphatic rings. The maximum absolute atomic E-state index is 12.3. The second-order valence-electron chi connectivity index (χ2n) is 6.52. The van der Waals surface area contributed by atoms with Crippen molar-refractivity contribution in [1.29, 1.82) is 0 Å². The molecule has 2 heterocycles. The first-order valence-corrected chi connectivity index (χ1v) is 8.66. The zero-order valence-corrected chi connectivity index (χ0v) is 14.2. The van der Waals surface area contributed by atoms with E-state index in [4.69, 9.17) is 4.52 Å². The molecule has 132 valence electrons. The van der Waals surface area contributed by atoms with Crippen LogP contribution in [0.1, 0.15) is 12.1 Å². The summed E-state index contributed by atoms with van der Waals surface area (Å²) in [5.41, 5.74) is 2.21. The second-order valence-corrected chi connectivity index (χ2v) is 6.52. The smallest absolute Gasteiger partial charge is 0.227 e. The number of carbonyl (C=O) groups excluding carboxylic acids is 2. The zero-order valence-electron chi connectivity index (χ0n) is 14.2. The van der Waals surface area contributed by atoms with E-state index in [9.17, 15) is 9.59 Å². The molecule has 1 aliphatic heterocycles. The van der Waals surface area contributed by atoms with Gasteiger partial charge in [-0.15, -0.1) is 0 Å². The fraction of sp³-hybridized carbons (Fsp3) is 0.250. The van der Waals surface area contributed by atoms with Crippen LogP contribution in [0.25, 0.3) is 11.0 Å². The average Bonchev–Trinajstić information content (AvgIpc) is 3.24. The monoisotopic (exact) mass is 349 g/mol. The number of nitrogens with zero attached hydrogens (tertiary/aromatic N) is 2. The SMILES string of the molecule is O=C(Cc1noc2ccccc12)NC[C@@H]1CC(=O)N(c2ccccc2)C1. The van der Waals surface area contributed by atoms with Crippen LogP contribution in [-0.4, -0.2) is 30.1 Å². The molecular weight excluding hydrogens is 330 g/mol. The highest BCUT2D eigenvalue weighted by Gasteiger charge is 2.30. The van der Waals surface area contributed by atoms with E-state index in [2.05, 4.69) is 10.5 Å². The molecule has 1 aromatic heterocycles. The fourth-order valence-corrected chi connectivity index (χ4v) is 3.31. The molecule has 0 saturated carbocycles. The van der Waals surface area contributed by atoms with Gasteiger partial charge in [-0.1, -0.05) is 35.5 Å². The molecule has 1 fully saturated rings. The van der Waals surface area contributed by atoms with E-state index in [1.165, 1.54) is 0 Å². The Morgan fingerprint density at radius 1 is 1.15 bits per heavy atom. The van der Waals surface area contributed by atoms with E-state index < -0.39 is 0 Å². The third-order valence-corrected chi connectivity index (χ3v) is 4.64. The number of nitrogens with one attached hydrogen (secondary N) is 1. The predicted octanol–water partition coefficient (Wildman–Crippen LogP) is 2.54. The Kier molecular flexibility index (Phi) is 4.39. The molecule has 6 heteroatoms. The first kappa shape index (κ1) is 16.3. The van der Waals surface area contributed by atoms with Crippen LogP contribution in [-0.2, 0) is 16.0 Å². The normalized spacial score (nSPS) is 17.0. The highest BCUT2D eigenvalue weighted by atomic mass is 16.5. The van der Waals surface area contributed by atoms with Gasteiger partial charge in [0.15, 0.2) is 5.58 Å². The highest BCUT2D eigenvalue weighted by molar-refractivity contribution is 5.95. The standard InChI is InChI=1S/C20H19N3O3/c24-19(11-17-16-8-4-5-9-18(16)26-22-17)21-12-14-10-20(25)23(13-14)15-6-2-1-3-7-15/h1-9,14H,10-13H2,(H,21,24)/t14-/m0/s1. The van der Waals surface area contributed by atoms with E-state index in [-0.39, 0.29) is 24.2 Å². The molecule has 4 rings (SSSR count). The Morgan fingerprint density at radius 2 is 1.92 bits per heavy atom. The minimum absolute atomic E-state index is 0.0953. The number of aromatic nitrogens is 1. The average molecular weight is 349 g/mol. The van der Waals surface area contributed by atoms with Crippen molar-refractivity contribution >= 4 is 28.5 Å². The Bertz CT molecular complexity index is 936. The lowest BCUT2D eigenvalue weighted by Crippen LogP contribution is -2.32. The third kappa shape index (κ3) is 3.31. The number of hydrogen-bond acceptors (Lipinski definition) is 4. The van der Waals surface area contributed by atoms with Crippen molar-refractivity contribution < 1.29 is 14.1 Å². The fourth-order valence-electron chi connectivity index (χ4n) is 3.31. The number of carbonyl (C=O) groups is 2. The van der Waals surface area contributed by atoms with Crippen molar-refractivity contribution in [2.75, 3.05) is 18.0 Å². The quantitative estimate of drug-likeness (QED) is 0.768. The van der Waals surface area contributed by atoms with Crippen molar-refractivity contribution in [3.05, 3.63) is 60.3 Å². The summed E-state index contributed by atoms with van der Waals surface area (Å²) in [7, 11) is 0. The van der Waals surface area contributed by atoms with Crippen LogP contribution in [0.2, 0.25) is 0 Å². The number of para-hydroxylation sites is 2. The molecule has 0 unspecified atom stereocenters. The molecule has 1 atom stereocenters.